The van der Waals surface area contributed by atoms with Crippen molar-refractivity contribution in [1.29, 1.82) is 0 Å². The first-order valence-corrected chi connectivity index (χ1v) is 13.3. The Balaban J connectivity index is 1.51. The highest BCUT2D eigenvalue weighted by Gasteiger charge is 2.37. The maximum atomic E-state index is 14.1. The molecule has 0 spiro atoms. The van der Waals surface area contributed by atoms with Crippen molar-refractivity contribution in [1.82, 2.24) is 25.5 Å². The van der Waals surface area contributed by atoms with Gasteiger partial charge in [-0.05, 0) is 86.0 Å². The lowest BCUT2D eigenvalue weighted by Gasteiger charge is -2.31. The van der Waals surface area contributed by atoms with Crippen LogP contribution in [0.1, 0.15) is 36.0 Å². The highest BCUT2D eigenvalue weighted by atomic mass is 19.1. The zero-order chi connectivity index (χ0) is 28.9. The average molecular weight is 563 g/mol. The van der Waals surface area contributed by atoms with Crippen molar-refractivity contribution in [2.24, 2.45) is 0 Å². The number of aryl methyl sites for hydroxylation is 2. The van der Waals surface area contributed by atoms with Gasteiger partial charge in [0.25, 0.3) is 11.8 Å². The minimum absolute atomic E-state index is 0.0974. The van der Waals surface area contributed by atoms with Crippen LogP contribution in [0.15, 0.2) is 59.0 Å². The predicted molar refractivity (Wildman–Crippen MR) is 147 cm³/mol. The first-order valence-electron chi connectivity index (χ1n) is 13.3. The average Bonchev–Trinajstić information content (AvgIpc) is 3.74. The normalized spacial score (nSPS) is 15.5. The number of ether oxygens (including phenoxy) is 2. The summed E-state index contributed by atoms with van der Waals surface area (Å²) in [6, 6.07) is 13.2. The molecule has 2 aromatic carbocycles. The number of anilines is 1. The summed E-state index contributed by atoms with van der Waals surface area (Å²) in [5, 5.41) is 15.3. The van der Waals surface area contributed by atoms with Crippen LogP contribution in [0.5, 0.6) is 5.75 Å². The molecule has 2 amide bonds. The standard InChI is InChI=1S/C29H31FN6O5/c1-18-6-12-24(39-3)23(15-18)36(26(37)17-35-33-28(32-34-35)20-8-10-21(30)11-9-20)27(25-13-7-19(2)41-25)29(38)31-16-22-5-4-14-40-22/h6-13,15,22,27H,4-5,14,16-17H2,1-3H3,(H,31,38)/t22-,27-/m1/s1. The second-order valence-corrected chi connectivity index (χ2v) is 9.82. The highest BCUT2D eigenvalue weighted by molar-refractivity contribution is 6.02. The Kier molecular flexibility index (Phi) is 8.39. The van der Waals surface area contributed by atoms with Gasteiger partial charge in [-0.25, -0.2) is 4.39 Å². The largest absolute Gasteiger partial charge is 0.495 e. The van der Waals surface area contributed by atoms with E-state index in [0.29, 0.717) is 35.9 Å². The summed E-state index contributed by atoms with van der Waals surface area (Å²) in [5.74, 6) is 0.141. The van der Waals surface area contributed by atoms with E-state index < -0.39 is 23.7 Å². The lowest BCUT2D eigenvalue weighted by molar-refractivity contribution is -0.127. The Morgan fingerprint density at radius 1 is 1.17 bits per heavy atom. The summed E-state index contributed by atoms with van der Waals surface area (Å²) in [4.78, 5) is 30.4. The van der Waals surface area contributed by atoms with Gasteiger partial charge in [-0.15, -0.1) is 10.2 Å². The topological polar surface area (TPSA) is 125 Å². The number of furan rings is 1. The fourth-order valence-corrected chi connectivity index (χ4v) is 4.72. The number of amides is 2. The van der Waals surface area contributed by atoms with Gasteiger partial charge >= 0.3 is 0 Å². The molecular formula is C29H31FN6O5. The number of aromatic nitrogens is 4. The zero-order valence-corrected chi connectivity index (χ0v) is 23.0. The molecular weight excluding hydrogens is 531 g/mol. The summed E-state index contributed by atoms with van der Waals surface area (Å²) in [5.41, 5.74) is 1.77. The molecule has 2 atom stereocenters. The van der Waals surface area contributed by atoms with E-state index in [1.807, 2.05) is 13.0 Å². The summed E-state index contributed by atoms with van der Waals surface area (Å²) in [6.45, 7) is 4.25. The molecule has 0 bridgehead atoms. The van der Waals surface area contributed by atoms with Gasteiger partial charge < -0.3 is 19.2 Å². The van der Waals surface area contributed by atoms with E-state index in [9.17, 15) is 14.0 Å². The molecule has 0 saturated carbocycles. The Labute approximate surface area is 236 Å². The number of tetrazole rings is 1. The molecule has 1 aliphatic heterocycles. The Bertz CT molecular complexity index is 1510. The van der Waals surface area contributed by atoms with E-state index in [2.05, 4.69) is 20.7 Å². The maximum Gasteiger partial charge on any atom is 0.251 e. The highest BCUT2D eigenvalue weighted by Crippen LogP contribution is 2.36. The number of rotatable bonds is 10. The summed E-state index contributed by atoms with van der Waals surface area (Å²) in [7, 11) is 1.49. The molecule has 1 fully saturated rings. The lowest BCUT2D eigenvalue weighted by atomic mass is 10.1. The van der Waals surface area contributed by atoms with E-state index in [4.69, 9.17) is 13.9 Å². The van der Waals surface area contributed by atoms with Gasteiger partial charge in [-0.3, -0.25) is 14.5 Å². The van der Waals surface area contributed by atoms with E-state index in [1.54, 1.807) is 31.2 Å². The van der Waals surface area contributed by atoms with Gasteiger partial charge in [0.05, 0.1) is 18.9 Å². The third kappa shape index (κ3) is 6.43. The molecule has 12 heteroatoms. The maximum absolute atomic E-state index is 14.1. The van der Waals surface area contributed by atoms with Gasteiger partial charge in [-0.2, -0.15) is 4.80 Å². The van der Waals surface area contributed by atoms with Gasteiger partial charge in [-0.1, -0.05) is 6.07 Å². The minimum Gasteiger partial charge on any atom is -0.495 e. The first kappa shape index (κ1) is 28.0. The molecule has 0 unspecified atom stereocenters. The van der Waals surface area contributed by atoms with Gasteiger partial charge in [0.1, 0.15) is 29.6 Å². The van der Waals surface area contributed by atoms with Crippen molar-refractivity contribution >= 4 is 17.5 Å². The molecule has 3 heterocycles. The third-order valence-corrected chi connectivity index (χ3v) is 6.76. The van der Waals surface area contributed by atoms with Gasteiger partial charge in [0.2, 0.25) is 5.82 Å². The number of carbonyl (C=O) groups is 2. The van der Waals surface area contributed by atoms with Crippen LogP contribution in [-0.4, -0.2) is 58.4 Å². The number of nitrogens with zero attached hydrogens (tertiary/aromatic N) is 5. The molecule has 1 N–H and O–H groups in total. The minimum atomic E-state index is -1.17. The third-order valence-electron chi connectivity index (χ3n) is 6.76. The zero-order valence-electron chi connectivity index (χ0n) is 23.0. The molecule has 0 radical (unpaired) electrons. The van der Waals surface area contributed by atoms with Crippen LogP contribution in [0.2, 0.25) is 0 Å². The summed E-state index contributed by atoms with van der Waals surface area (Å²) in [6.07, 6.45) is 1.67. The lowest BCUT2D eigenvalue weighted by Crippen LogP contribution is -2.46. The fraction of sp³-hybridized carbons (Fsp3) is 0.345. The van der Waals surface area contributed by atoms with Gasteiger partial charge in [0.15, 0.2) is 6.04 Å². The summed E-state index contributed by atoms with van der Waals surface area (Å²) >= 11 is 0. The van der Waals surface area contributed by atoms with Gasteiger partial charge in [0, 0.05) is 18.7 Å². The van der Waals surface area contributed by atoms with E-state index >= 15 is 0 Å². The second-order valence-electron chi connectivity index (χ2n) is 9.82. The van der Waals surface area contributed by atoms with Crippen LogP contribution in [0.4, 0.5) is 10.1 Å². The second kappa shape index (κ2) is 12.3. The Morgan fingerprint density at radius 3 is 2.66 bits per heavy atom. The van der Waals surface area contributed by atoms with Crippen molar-refractivity contribution in [2.45, 2.75) is 45.4 Å². The van der Waals surface area contributed by atoms with Crippen molar-refractivity contribution < 1.29 is 27.9 Å². The molecule has 1 saturated heterocycles. The monoisotopic (exact) mass is 562 g/mol. The number of benzene rings is 2. The first-order chi connectivity index (χ1) is 19.8. The SMILES string of the molecule is COc1ccc(C)cc1N(C(=O)Cn1nnc(-c2ccc(F)cc2)n1)[C@@H](C(=O)NC[C@H]1CCCO1)c1ccc(C)o1. The molecule has 2 aromatic heterocycles. The number of methoxy groups -OCH3 is 1. The number of halogens is 1. The molecule has 0 aliphatic carbocycles. The number of carbonyl (C=O) groups excluding carboxylic acids is 2. The van der Waals surface area contributed by atoms with E-state index in [1.165, 1.54) is 36.3 Å². The van der Waals surface area contributed by atoms with Crippen molar-refractivity contribution in [2.75, 3.05) is 25.2 Å². The smallest absolute Gasteiger partial charge is 0.251 e. The molecule has 214 valence electrons. The van der Waals surface area contributed by atoms with Crippen LogP contribution in [0, 0.1) is 19.7 Å². The fourth-order valence-electron chi connectivity index (χ4n) is 4.72. The Morgan fingerprint density at radius 2 is 1.98 bits per heavy atom. The number of hydrogen-bond acceptors (Lipinski definition) is 8. The van der Waals surface area contributed by atoms with Crippen LogP contribution in [0.25, 0.3) is 11.4 Å². The van der Waals surface area contributed by atoms with E-state index in [-0.39, 0.29) is 24.2 Å². The molecule has 41 heavy (non-hydrogen) atoms. The van der Waals surface area contributed by atoms with Crippen molar-refractivity contribution in [3.8, 4) is 17.1 Å². The number of nitrogens with one attached hydrogen (secondary N) is 1. The van der Waals surface area contributed by atoms with Crippen LogP contribution in [0.3, 0.4) is 0 Å². The molecule has 4 aromatic rings. The van der Waals surface area contributed by atoms with Crippen LogP contribution < -0.4 is 15.0 Å². The van der Waals surface area contributed by atoms with E-state index in [0.717, 1.165) is 23.2 Å². The quantitative estimate of drug-likeness (QED) is 0.310. The molecule has 1 aliphatic rings. The Hall–Kier alpha value is -4.58. The summed E-state index contributed by atoms with van der Waals surface area (Å²) < 4.78 is 30.6. The van der Waals surface area contributed by atoms with Crippen LogP contribution in [-0.2, 0) is 20.9 Å². The molecule has 11 nitrogen and oxygen atoms in total. The van der Waals surface area contributed by atoms with Crippen molar-refractivity contribution in [3.05, 3.63) is 77.5 Å². The predicted octanol–water partition coefficient (Wildman–Crippen LogP) is 3.77. The van der Waals surface area contributed by atoms with Crippen LogP contribution >= 0.6 is 0 Å². The molecule has 5 rings (SSSR count). The number of hydrogen-bond donors (Lipinski definition) is 1. The van der Waals surface area contributed by atoms with Crippen molar-refractivity contribution in [3.63, 3.8) is 0 Å².